The standard InChI is InChI=1S/C16H26N2/c1-12(2)17-10-15(5)11-18(6)16-8-13(3)7-14(4)9-16/h7-9,12,17H,5,10-11H2,1-4,6H3. The number of nitrogens with zero attached hydrogens (tertiary/aromatic N) is 1. The molecule has 0 aliphatic heterocycles. The van der Waals surface area contributed by atoms with E-state index in [2.05, 4.69) is 69.7 Å². The maximum Gasteiger partial charge on any atom is 0.0395 e. The zero-order valence-electron chi connectivity index (χ0n) is 12.4. The lowest BCUT2D eigenvalue weighted by Gasteiger charge is -2.22. The van der Waals surface area contributed by atoms with E-state index in [1.165, 1.54) is 22.4 Å². The topological polar surface area (TPSA) is 15.3 Å². The van der Waals surface area contributed by atoms with Crippen LogP contribution in [0, 0.1) is 13.8 Å². The van der Waals surface area contributed by atoms with Crippen LogP contribution in [-0.4, -0.2) is 26.2 Å². The Morgan fingerprint density at radius 2 is 1.78 bits per heavy atom. The van der Waals surface area contributed by atoms with E-state index in [4.69, 9.17) is 0 Å². The van der Waals surface area contributed by atoms with Crippen LogP contribution in [0.2, 0.25) is 0 Å². The van der Waals surface area contributed by atoms with Crippen molar-refractivity contribution < 1.29 is 0 Å². The zero-order valence-corrected chi connectivity index (χ0v) is 12.4. The molecule has 0 saturated carbocycles. The van der Waals surface area contributed by atoms with Gasteiger partial charge in [0.25, 0.3) is 0 Å². The highest BCUT2D eigenvalue weighted by Gasteiger charge is 2.04. The number of hydrogen-bond acceptors (Lipinski definition) is 2. The van der Waals surface area contributed by atoms with Gasteiger partial charge in [0.1, 0.15) is 0 Å². The third kappa shape index (κ3) is 4.92. The van der Waals surface area contributed by atoms with Crippen LogP contribution in [0.1, 0.15) is 25.0 Å². The van der Waals surface area contributed by atoms with Crippen LogP contribution in [0.5, 0.6) is 0 Å². The minimum atomic E-state index is 0.508. The molecule has 0 bridgehead atoms. The molecule has 0 spiro atoms. The molecule has 0 aliphatic carbocycles. The lowest BCUT2D eigenvalue weighted by Crippen LogP contribution is -2.29. The number of hydrogen-bond donors (Lipinski definition) is 1. The van der Waals surface area contributed by atoms with Crippen LogP contribution in [0.15, 0.2) is 30.4 Å². The molecule has 0 fully saturated rings. The highest BCUT2D eigenvalue weighted by molar-refractivity contribution is 5.51. The molecule has 18 heavy (non-hydrogen) atoms. The van der Waals surface area contributed by atoms with Crippen molar-refractivity contribution in [3.63, 3.8) is 0 Å². The van der Waals surface area contributed by atoms with Gasteiger partial charge in [0.15, 0.2) is 0 Å². The molecule has 0 aliphatic rings. The average molecular weight is 246 g/mol. The largest absolute Gasteiger partial charge is 0.371 e. The van der Waals surface area contributed by atoms with Crippen molar-refractivity contribution in [2.75, 3.05) is 25.0 Å². The van der Waals surface area contributed by atoms with Gasteiger partial charge in [-0.15, -0.1) is 0 Å². The summed E-state index contributed by atoms with van der Waals surface area (Å²) in [6.45, 7) is 14.5. The summed E-state index contributed by atoms with van der Waals surface area (Å²) in [5.74, 6) is 0. The number of rotatable bonds is 6. The van der Waals surface area contributed by atoms with E-state index >= 15 is 0 Å². The maximum absolute atomic E-state index is 4.13. The lowest BCUT2D eigenvalue weighted by molar-refractivity contribution is 0.617. The molecule has 1 aromatic rings. The van der Waals surface area contributed by atoms with Crippen LogP contribution in [0.4, 0.5) is 5.69 Å². The summed E-state index contributed by atoms with van der Waals surface area (Å²) < 4.78 is 0. The second-order valence-corrected chi connectivity index (χ2v) is 5.49. The van der Waals surface area contributed by atoms with Crippen molar-refractivity contribution in [1.29, 1.82) is 0 Å². The monoisotopic (exact) mass is 246 g/mol. The molecule has 0 atom stereocenters. The van der Waals surface area contributed by atoms with Gasteiger partial charge in [-0.2, -0.15) is 0 Å². The first-order valence-electron chi connectivity index (χ1n) is 6.58. The van der Waals surface area contributed by atoms with Gasteiger partial charge in [-0.1, -0.05) is 26.5 Å². The number of nitrogens with one attached hydrogen (secondary N) is 1. The predicted octanol–water partition coefficient (Wildman–Crippen LogP) is 3.29. The SMILES string of the molecule is C=C(CNC(C)C)CN(C)c1cc(C)cc(C)c1. The summed E-state index contributed by atoms with van der Waals surface area (Å²) in [6.07, 6.45) is 0. The second kappa shape index (κ2) is 6.60. The zero-order chi connectivity index (χ0) is 13.7. The maximum atomic E-state index is 4.13. The second-order valence-electron chi connectivity index (χ2n) is 5.49. The minimum absolute atomic E-state index is 0.508. The fourth-order valence-electron chi connectivity index (χ4n) is 2.00. The molecule has 0 aromatic heterocycles. The summed E-state index contributed by atoms with van der Waals surface area (Å²) in [5.41, 5.74) is 5.09. The van der Waals surface area contributed by atoms with Gasteiger partial charge in [0, 0.05) is 31.9 Å². The van der Waals surface area contributed by atoms with Crippen LogP contribution >= 0.6 is 0 Å². The first-order valence-corrected chi connectivity index (χ1v) is 6.58. The average Bonchev–Trinajstić information content (AvgIpc) is 2.25. The van der Waals surface area contributed by atoms with E-state index in [9.17, 15) is 0 Å². The van der Waals surface area contributed by atoms with Gasteiger partial charge in [-0.05, 0) is 42.7 Å². The lowest BCUT2D eigenvalue weighted by atomic mass is 10.1. The Kier molecular flexibility index (Phi) is 5.42. The Bertz CT molecular complexity index is 387. The quantitative estimate of drug-likeness (QED) is 0.775. The fourth-order valence-corrected chi connectivity index (χ4v) is 2.00. The molecule has 0 saturated heterocycles. The molecule has 0 heterocycles. The molecule has 1 rings (SSSR count). The number of aryl methyl sites for hydroxylation is 2. The van der Waals surface area contributed by atoms with Gasteiger partial charge >= 0.3 is 0 Å². The number of benzene rings is 1. The van der Waals surface area contributed by atoms with E-state index < -0.39 is 0 Å². The van der Waals surface area contributed by atoms with E-state index in [0.717, 1.165) is 13.1 Å². The minimum Gasteiger partial charge on any atom is -0.371 e. The van der Waals surface area contributed by atoms with Gasteiger partial charge in [0.2, 0.25) is 0 Å². The van der Waals surface area contributed by atoms with Crippen LogP contribution in [-0.2, 0) is 0 Å². The van der Waals surface area contributed by atoms with E-state index in [1.807, 2.05) is 0 Å². The van der Waals surface area contributed by atoms with E-state index in [1.54, 1.807) is 0 Å². The number of anilines is 1. The Hall–Kier alpha value is -1.28. The van der Waals surface area contributed by atoms with Crippen LogP contribution in [0.3, 0.4) is 0 Å². The number of likely N-dealkylation sites (N-methyl/N-ethyl adjacent to an activating group) is 1. The molecule has 100 valence electrons. The smallest absolute Gasteiger partial charge is 0.0395 e. The van der Waals surface area contributed by atoms with Crippen molar-refractivity contribution in [3.8, 4) is 0 Å². The highest BCUT2D eigenvalue weighted by atomic mass is 15.1. The normalized spacial score (nSPS) is 10.8. The molecule has 0 unspecified atom stereocenters. The molecular formula is C16H26N2. The van der Waals surface area contributed by atoms with Gasteiger partial charge < -0.3 is 10.2 Å². The Morgan fingerprint density at radius 3 is 2.28 bits per heavy atom. The third-order valence-corrected chi connectivity index (χ3v) is 2.87. The van der Waals surface area contributed by atoms with Crippen LogP contribution in [0.25, 0.3) is 0 Å². The van der Waals surface area contributed by atoms with Crippen molar-refractivity contribution in [2.24, 2.45) is 0 Å². The Balaban J connectivity index is 2.59. The summed E-state index contributed by atoms with van der Waals surface area (Å²) >= 11 is 0. The first kappa shape index (κ1) is 14.8. The van der Waals surface area contributed by atoms with E-state index in [0.29, 0.717) is 6.04 Å². The molecule has 2 nitrogen and oxygen atoms in total. The Labute approximate surface area is 112 Å². The van der Waals surface area contributed by atoms with Crippen molar-refractivity contribution in [2.45, 2.75) is 33.7 Å². The van der Waals surface area contributed by atoms with Crippen molar-refractivity contribution >= 4 is 5.69 Å². The van der Waals surface area contributed by atoms with E-state index in [-0.39, 0.29) is 0 Å². The first-order chi connectivity index (χ1) is 8.38. The van der Waals surface area contributed by atoms with Crippen LogP contribution < -0.4 is 10.2 Å². The van der Waals surface area contributed by atoms with Crippen molar-refractivity contribution in [3.05, 3.63) is 41.5 Å². The Morgan fingerprint density at radius 1 is 1.22 bits per heavy atom. The fraction of sp³-hybridized carbons (Fsp3) is 0.500. The third-order valence-electron chi connectivity index (χ3n) is 2.87. The molecule has 1 aromatic carbocycles. The molecular weight excluding hydrogens is 220 g/mol. The van der Waals surface area contributed by atoms with Crippen molar-refractivity contribution in [1.82, 2.24) is 5.32 Å². The van der Waals surface area contributed by atoms with Gasteiger partial charge in [0.05, 0.1) is 0 Å². The van der Waals surface area contributed by atoms with Gasteiger partial charge in [-0.25, -0.2) is 0 Å². The highest BCUT2D eigenvalue weighted by Crippen LogP contribution is 2.18. The molecule has 1 N–H and O–H groups in total. The molecule has 0 radical (unpaired) electrons. The predicted molar refractivity (Wildman–Crippen MR) is 81.5 cm³/mol. The summed E-state index contributed by atoms with van der Waals surface area (Å²) in [5, 5.41) is 3.40. The summed E-state index contributed by atoms with van der Waals surface area (Å²) in [6, 6.07) is 7.15. The van der Waals surface area contributed by atoms with Gasteiger partial charge in [-0.3, -0.25) is 0 Å². The molecule has 0 amide bonds. The molecule has 2 heteroatoms. The summed E-state index contributed by atoms with van der Waals surface area (Å²) in [7, 11) is 2.12. The summed E-state index contributed by atoms with van der Waals surface area (Å²) in [4.78, 5) is 2.25.